The van der Waals surface area contributed by atoms with Gasteiger partial charge in [0.1, 0.15) is 5.82 Å². The largest absolute Gasteiger partial charge is 0.372 e. The van der Waals surface area contributed by atoms with Crippen LogP contribution >= 0.6 is 0 Å². The number of likely N-dealkylation sites (tertiary alicyclic amines) is 1. The van der Waals surface area contributed by atoms with Crippen molar-refractivity contribution < 1.29 is 4.79 Å². The van der Waals surface area contributed by atoms with Gasteiger partial charge in [-0.05, 0) is 24.5 Å². The second-order valence-corrected chi connectivity index (χ2v) is 4.20. The van der Waals surface area contributed by atoms with E-state index in [1.165, 1.54) is 0 Å². The molecule has 1 atom stereocenters. The maximum absolute atomic E-state index is 12.0. The van der Waals surface area contributed by atoms with Gasteiger partial charge in [-0.15, -0.1) is 10.2 Å². The lowest BCUT2D eigenvalue weighted by Gasteiger charge is -2.14. The Hall–Kier alpha value is -1.65. The summed E-state index contributed by atoms with van der Waals surface area (Å²) >= 11 is 0. The van der Waals surface area contributed by atoms with Crippen molar-refractivity contribution >= 4 is 11.7 Å². The maximum atomic E-state index is 12.0. The van der Waals surface area contributed by atoms with Gasteiger partial charge in [-0.2, -0.15) is 0 Å². The predicted octanol–water partition coefficient (Wildman–Crippen LogP) is 1.00. The summed E-state index contributed by atoms with van der Waals surface area (Å²) in [5.74, 6) is 1.25. The fourth-order valence-electron chi connectivity index (χ4n) is 1.86. The highest BCUT2D eigenvalue weighted by Gasteiger charge is 2.24. The zero-order valence-corrected chi connectivity index (χ0v) is 9.60. The smallest absolute Gasteiger partial charge is 0.274 e. The third kappa shape index (κ3) is 2.13. The van der Waals surface area contributed by atoms with Gasteiger partial charge in [0.05, 0.1) is 0 Å². The Morgan fingerprint density at radius 2 is 2.31 bits per heavy atom. The third-order valence-electron chi connectivity index (χ3n) is 2.85. The Balaban J connectivity index is 2.08. The number of anilines is 1. The van der Waals surface area contributed by atoms with Crippen molar-refractivity contribution in [2.75, 3.05) is 25.5 Å². The van der Waals surface area contributed by atoms with Gasteiger partial charge in [0.25, 0.3) is 5.91 Å². The first kappa shape index (κ1) is 10.9. The van der Waals surface area contributed by atoms with Crippen LogP contribution < -0.4 is 5.32 Å². The first-order valence-electron chi connectivity index (χ1n) is 5.51. The van der Waals surface area contributed by atoms with Crippen LogP contribution in [0.25, 0.3) is 0 Å². The van der Waals surface area contributed by atoms with Gasteiger partial charge in [0, 0.05) is 20.1 Å². The molecule has 1 aromatic rings. The monoisotopic (exact) mass is 220 g/mol. The van der Waals surface area contributed by atoms with Crippen LogP contribution in [0, 0.1) is 5.92 Å². The van der Waals surface area contributed by atoms with Gasteiger partial charge in [-0.25, -0.2) is 0 Å². The minimum Gasteiger partial charge on any atom is -0.372 e. The van der Waals surface area contributed by atoms with E-state index in [0.29, 0.717) is 17.4 Å². The zero-order chi connectivity index (χ0) is 11.5. The molecule has 1 aliphatic rings. The Morgan fingerprint density at radius 1 is 1.50 bits per heavy atom. The minimum atomic E-state index is -0.0143. The fraction of sp³-hybridized carbons (Fsp3) is 0.545. The van der Waals surface area contributed by atoms with Crippen LogP contribution in [0.1, 0.15) is 23.8 Å². The van der Waals surface area contributed by atoms with E-state index in [1.807, 2.05) is 4.90 Å². The lowest BCUT2D eigenvalue weighted by Crippen LogP contribution is -2.29. The number of hydrogen-bond acceptors (Lipinski definition) is 4. The molecule has 2 heterocycles. The van der Waals surface area contributed by atoms with Crippen molar-refractivity contribution in [1.82, 2.24) is 15.1 Å². The number of carbonyl (C=O) groups is 1. The molecule has 1 aliphatic heterocycles. The summed E-state index contributed by atoms with van der Waals surface area (Å²) in [5.41, 5.74) is 0.424. The molecule has 16 heavy (non-hydrogen) atoms. The van der Waals surface area contributed by atoms with Crippen molar-refractivity contribution in [2.24, 2.45) is 5.92 Å². The van der Waals surface area contributed by atoms with Gasteiger partial charge >= 0.3 is 0 Å². The molecule has 0 bridgehead atoms. The van der Waals surface area contributed by atoms with Gasteiger partial charge in [0.2, 0.25) is 0 Å². The second-order valence-electron chi connectivity index (χ2n) is 4.20. The number of nitrogens with zero attached hydrogens (tertiary/aromatic N) is 3. The average Bonchev–Trinajstić information content (AvgIpc) is 2.75. The molecular weight excluding hydrogens is 204 g/mol. The van der Waals surface area contributed by atoms with Crippen molar-refractivity contribution in [3.8, 4) is 0 Å². The van der Waals surface area contributed by atoms with Gasteiger partial charge < -0.3 is 10.2 Å². The Labute approximate surface area is 94.9 Å². The normalized spacial score (nSPS) is 19.9. The first-order valence-corrected chi connectivity index (χ1v) is 5.51. The third-order valence-corrected chi connectivity index (χ3v) is 2.85. The number of nitrogens with one attached hydrogen (secondary N) is 1. The molecule has 86 valence electrons. The van der Waals surface area contributed by atoms with Crippen LogP contribution in [0.4, 0.5) is 5.82 Å². The van der Waals surface area contributed by atoms with Crippen molar-refractivity contribution in [3.63, 3.8) is 0 Å². The molecule has 0 spiro atoms. The zero-order valence-electron chi connectivity index (χ0n) is 9.60. The summed E-state index contributed by atoms with van der Waals surface area (Å²) in [6.45, 7) is 3.81. The summed E-state index contributed by atoms with van der Waals surface area (Å²) in [6.07, 6.45) is 1.08. The molecule has 1 aromatic heterocycles. The molecule has 2 rings (SSSR count). The van der Waals surface area contributed by atoms with E-state index < -0.39 is 0 Å². The van der Waals surface area contributed by atoms with E-state index in [9.17, 15) is 4.79 Å². The number of aromatic nitrogens is 2. The standard InChI is InChI=1S/C11H16N4O/c1-8-5-6-15(7-8)11(16)9-3-4-10(12-2)14-13-9/h3-4,8H,5-7H2,1-2H3,(H,12,14). The van der Waals surface area contributed by atoms with E-state index in [2.05, 4.69) is 22.4 Å². The molecule has 5 nitrogen and oxygen atoms in total. The lowest BCUT2D eigenvalue weighted by atomic mass is 10.2. The highest BCUT2D eigenvalue weighted by molar-refractivity contribution is 5.92. The molecular formula is C11H16N4O. The van der Waals surface area contributed by atoms with Crippen molar-refractivity contribution in [2.45, 2.75) is 13.3 Å². The van der Waals surface area contributed by atoms with E-state index in [4.69, 9.17) is 0 Å². The van der Waals surface area contributed by atoms with Crippen molar-refractivity contribution in [1.29, 1.82) is 0 Å². The van der Waals surface area contributed by atoms with E-state index in [-0.39, 0.29) is 5.91 Å². The van der Waals surface area contributed by atoms with Crippen LogP contribution in [0.2, 0.25) is 0 Å². The predicted molar refractivity (Wildman–Crippen MR) is 61.3 cm³/mol. The average molecular weight is 220 g/mol. The number of rotatable bonds is 2. The fourth-order valence-corrected chi connectivity index (χ4v) is 1.86. The number of hydrogen-bond donors (Lipinski definition) is 1. The van der Waals surface area contributed by atoms with E-state index in [0.717, 1.165) is 19.5 Å². The number of amides is 1. The van der Waals surface area contributed by atoms with Crippen LogP contribution in [0.5, 0.6) is 0 Å². The summed E-state index contributed by atoms with van der Waals surface area (Å²) < 4.78 is 0. The quantitative estimate of drug-likeness (QED) is 0.807. The summed E-state index contributed by atoms with van der Waals surface area (Å²) in [7, 11) is 1.77. The van der Waals surface area contributed by atoms with Gasteiger partial charge in [-0.3, -0.25) is 4.79 Å². The molecule has 0 saturated carbocycles. The molecule has 0 aromatic carbocycles. The van der Waals surface area contributed by atoms with Gasteiger partial charge in [0.15, 0.2) is 5.69 Å². The Kier molecular flexibility index (Phi) is 3.03. The molecule has 1 N–H and O–H groups in total. The SMILES string of the molecule is CNc1ccc(C(=O)N2CCC(C)C2)nn1. The van der Waals surface area contributed by atoms with Crippen LogP contribution in [-0.2, 0) is 0 Å². The first-order chi connectivity index (χ1) is 7.70. The van der Waals surface area contributed by atoms with Crippen LogP contribution in [0.3, 0.4) is 0 Å². The molecule has 1 unspecified atom stereocenters. The Morgan fingerprint density at radius 3 is 2.81 bits per heavy atom. The summed E-state index contributed by atoms with van der Waals surface area (Å²) in [6, 6.07) is 3.48. The summed E-state index contributed by atoms with van der Waals surface area (Å²) in [4.78, 5) is 13.8. The van der Waals surface area contributed by atoms with E-state index in [1.54, 1.807) is 19.2 Å². The highest BCUT2D eigenvalue weighted by Crippen LogP contribution is 2.17. The Bertz CT molecular complexity index is 376. The summed E-state index contributed by atoms with van der Waals surface area (Å²) in [5, 5.41) is 10.7. The molecule has 1 saturated heterocycles. The maximum Gasteiger partial charge on any atom is 0.274 e. The molecule has 1 amide bonds. The van der Waals surface area contributed by atoms with Crippen LogP contribution in [-0.4, -0.2) is 41.1 Å². The topological polar surface area (TPSA) is 58.1 Å². The lowest BCUT2D eigenvalue weighted by molar-refractivity contribution is 0.0781. The minimum absolute atomic E-state index is 0.0143. The highest BCUT2D eigenvalue weighted by atomic mass is 16.2. The van der Waals surface area contributed by atoms with Crippen molar-refractivity contribution in [3.05, 3.63) is 17.8 Å². The van der Waals surface area contributed by atoms with Crippen LogP contribution in [0.15, 0.2) is 12.1 Å². The number of carbonyl (C=O) groups excluding carboxylic acids is 1. The van der Waals surface area contributed by atoms with Gasteiger partial charge in [-0.1, -0.05) is 6.92 Å². The second kappa shape index (κ2) is 4.47. The molecule has 0 radical (unpaired) electrons. The molecule has 1 fully saturated rings. The van der Waals surface area contributed by atoms with E-state index >= 15 is 0 Å². The molecule has 5 heteroatoms. The molecule has 0 aliphatic carbocycles.